The van der Waals surface area contributed by atoms with Crippen LogP contribution in [0.1, 0.15) is 23.2 Å². The minimum Gasteiger partial charge on any atom is -0.387 e. The summed E-state index contributed by atoms with van der Waals surface area (Å²) in [6.45, 7) is 2.75. The average Bonchev–Trinajstić information content (AvgIpc) is 3.77. The van der Waals surface area contributed by atoms with Crippen molar-refractivity contribution < 1.29 is 4.84 Å². The number of thiophene rings is 1. The number of aromatic nitrogens is 5. The summed E-state index contributed by atoms with van der Waals surface area (Å²) in [7, 11) is 0. The van der Waals surface area contributed by atoms with Crippen molar-refractivity contribution >= 4 is 33.7 Å². The van der Waals surface area contributed by atoms with Gasteiger partial charge in [-0.05, 0) is 35.1 Å². The molecule has 4 aromatic heterocycles. The summed E-state index contributed by atoms with van der Waals surface area (Å²) in [6, 6.07) is 35.4. The molecule has 0 aliphatic heterocycles. The molecule has 0 bridgehead atoms. The Bertz CT molecular complexity index is 1960. The number of hydrogen-bond acceptors (Lipinski definition) is 6. The van der Waals surface area contributed by atoms with Gasteiger partial charge in [0.25, 0.3) is 0 Å². The van der Waals surface area contributed by atoms with E-state index >= 15 is 0 Å². The Labute approximate surface area is 241 Å². The Balaban J connectivity index is 1.42. The summed E-state index contributed by atoms with van der Waals surface area (Å²) in [5.74, 6) is 0.540. The van der Waals surface area contributed by atoms with E-state index in [1.54, 1.807) is 22.2 Å². The van der Waals surface area contributed by atoms with Gasteiger partial charge in [0.15, 0.2) is 18.1 Å². The van der Waals surface area contributed by atoms with Crippen LogP contribution in [0.4, 0.5) is 0 Å². The molecule has 0 amide bonds. The normalized spacial score (nSPS) is 11.9. The minimum absolute atomic E-state index is 0.156. The van der Waals surface area contributed by atoms with Crippen LogP contribution >= 0.6 is 11.3 Å². The highest BCUT2D eigenvalue weighted by Gasteiger charge is 2.25. The van der Waals surface area contributed by atoms with Crippen molar-refractivity contribution in [1.29, 1.82) is 0 Å². The fraction of sp³-hybridized carbons (Fsp3) is 0.0909. The lowest BCUT2D eigenvalue weighted by Gasteiger charge is -2.13. The number of nitrogens with zero attached hydrogens (tertiary/aromatic N) is 6. The van der Waals surface area contributed by atoms with Gasteiger partial charge in [-0.2, -0.15) is 0 Å². The zero-order valence-electron chi connectivity index (χ0n) is 22.4. The molecule has 0 N–H and O–H groups in total. The second-order valence-electron chi connectivity index (χ2n) is 9.69. The number of oxime groups is 1. The molecule has 0 radical (unpaired) electrons. The first kappa shape index (κ1) is 24.9. The Hall–Kier alpha value is -5.08. The third kappa shape index (κ3) is 4.79. The summed E-state index contributed by atoms with van der Waals surface area (Å²) in [5, 5.41) is 11.9. The summed E-state index contributed by atoms with van der Waals surface area (Å²) in [4.78, 5) is 16.6. The Kier molecular flexibility index (Phi) is 6.58. The molecule has 0 spiro atoms. The summed E-state index contributed by atoms with van der Waals surface area (Å²) >= 11 is 1.63. The van der Waals surface area contributed by atoms with E-state index in [1.165, 1.54) is 5.56 Å². The molecule has 0 fully saturated rings. The second-order valence-corrected chi connectivity index (χ2v) is 10.6. The molecule has 200 valence electrons. The Morgan fingerprint density at radius 2 is 1.54 bits per heavy atom. The first-order valence-corrected chi connectivity index (χ1v) is 14.3. The van der Waals surface area contributed by atoms with E-state index in [0.717, 1.165) is 49.7 Å². The third-order valence-corrected chi connectivity index (χ3v) is 7.97. The molecule has 8 heteroatoms. The van der Waals surface area contributed by atoms with E-state index in [-0.39, 0.29) is 6.61 Å². The van der Waals surface area contributed by atoms with Crippen LogP contribution in [0.2, 0.25) is 0 Å². The number of hydrogen-bond donors (Lipinski definition) is 0. The van der Waals surface area contributed by atoms with Gasteiger partial charge < -0.3 is 9.40 Å². The molecule has 3 aromatic carbocycles. The molecule has 0 atom stereocenters. The van der Waals surface area contributed by atoms with Crippen molar-refractivity contribution in [3.05, 3.63) is 131 Å². The zero-order valence-corrected chi connectivity index (χ0v) is 23.2. The monoisotopic (exact) mass is 554 g/mol. The van der Waals surface area contributed by atoms with Gasteiger partial charge in [-0.15, -0.1) is 16.4 Å². The molecule has 4 heterocycles. The molecular formula is C33H26N6OS. The zero-order chi connectivity index (χ0) is 27.6. The highest BCUT2D eigenvalue weighted by molar-refractivity contribution is 7.12. The van der Waals surface area contributed by atoms with Crippen LogP contribution in [0, 0.1) is 0 Å². The Morgan fingerprint density at radius 1 is 0.829 bits per heavy atom. The lowest BCUT2D eigenvalue weighted by Crippen LogP contribution is -2.03. The highest BCUT2D eigenvalue weighted by Crippen LogP contribution is 2.42. The van der Waals surface area contributed by atoms with Crippen LogP contribution in [0.25, 0.3) is 39.1 Å². The molecule has 0 saturated heterocycles. The van der Waals surface area contributed by atoms with E-state index in [0.29, 0.717) is 12.4 Å². The number of benzene rings is 3. The van der Waals surface area contributed by atoms with Crippen molar-refractivity contribution in [1.82, 2.24) is 24.1 Å². The van der Waals surface area contributed by atoms with E-state index in [9.17, 15) is 0 Å². The smallest absolute Gasteiger partial charge is 0.192 e. The first-order valence-electron chi connectivity index (χ1n) is 13.4. The maximum atomic E-state index is 5.67. The van der Waals surface area contributed by atoms with Gasteiger partial charge in [-0.1, -0.05) is 102 Å². The van der Waals surface area contributed by atoms with Crippen LogP contribution in [-0.4, -0.2) is 29.9 Å². The molecule has 0 aliphatic rings. The second kappa shape index (κ2) is 10.8. The predicted molar refractivity (Wildman–Crippen MR) is 164 cm³/mol. The summed E-state index contributed by atoms with van der Waals surface area (Å²) in [6.07, 6.45) is 1.74. The number of rotatable bonds is 8. The van der Waals surface area contributed by atoms with Crippen molar-refractivity contribution in [2.75, 3.05) is 0 Å². The third-order valence-electron chi connectivity index (χ3n) is 6.99. The summed E-state index contributed by atoms with van der Waals surface area (Å²) in [5.41, 5.74) is 7.97. The van der Waals surface area contributed by atoms with Gasteiger partial charge in [-0.25, -0.2) is 14.5 Å². The lowest BCUT2D eigenvalue weighted by molar-refractivity contribution is 0.125. The van der Waals surface area contributed by atoms with Gasteiger partial charge in [0.1, 0.15) is 12.0 Å². The molecule has 7 rings (SSSR count). The Morgan fingerprint density at radius 3 is 2.24 bits per heavy atom. The van der Waals surface area contributed by atoms with E-state index in [4.69, 9.17) is 19.9 Å². The van der Waals surface area contributed by atoms with Crippen LogP contribution in [0.3, 0.4) is 0 Å². The maximum absolute atomic E-state index is 5.67. The average molecular weight is 555 g/mol. The predicted octanol–water partition coefficient (Wildman–Crippen LogP) is 7.46. The molecule has 7 aromatic rings. The highest BCUT2D eigenvalue weighted by atomic mass is 32.1. The van der Waals surface area contributed by atoms with Crippen LogP contribution < -0.4 is 0 Å². The van der Waals surface area contributed by atoms with E-state index in [2.05, 4.69) is 82.5 Å². The van der Waals surface area contributed by atoms with Gasteiger partial charge >= 0.3 is 0 Å². The van der Waals surface area contributed by atoms with Crippen molar-refractivity contribution in [2.24, 2.45) is 5.16 Å². The van der Waals surface area contributed by atoms with Gasteiger partial charge in [0.05, 0.1) is 21.7 Å². The first-order chi connectivity index (χ1) is 20.3. The van der Waals surface area contributed by atoms with Gasteiger partial charge in [-0.3, -0.25) is 0 Å². The SMILES string of the molecule is C/C(=N\OCc1nc2c3c(-c4ccccc4)c(-c4ccccc4)n(Cc4ccccc4)c3ncn2n1)c1cccs1. The standard InChI is InChI=1S/C33H26N6OS/c1-23(27-18-11-19-41-27)37-40-21-28-35-33-30-29(25-14-7-3-8-15-25)31(26-16-9-4-10-17-26)38(20-24-12-5-2-6-13-24)32(30)34-22-39(33)36-28/h2-19,22H,20-21H2,1H3/b37-23+. The maximum Gasteiger partial charge on any atom is 0.192 e. The van der Waals surface area contributed by atoms with Crippen LogP contribution in [0.15, 0.2) is 120 Å². The number of fused-ring (bicyclic) bond motifs is 3. The fourth-order valence-electron chi connectivity index (χ4n) is 5.16. The van der Waals surface area contributed by atoms with Gasteiger partial charge in [0.2, 0.25) is 0 Å². The minimum atomic E-state index is 0.156. The molecule has 41 heavy (non-hydrogen) atoms. The molecule has 0 unspecified atom stereocenters. The van der Waals surface area contributed by atoms with Crippen molar-refractivity contribution in [3.8, 4) is 22.4 Å². The largest absolute Gasteiger partial charge is 0.387 e. The molecular weight excluding hydrogens is 528 g/mol. The lowest BCUT2D eigenvalue weighted by atomic mass is 9.99. The van der Waals surface area contributed by atoms with E-state index in [1.807, 2.05) is 42.6 Å². The van der Waals surface area contributed by atoms with Crippen molar-refractivity contribution in [2.45, 2.75) is 20.1 Å². The molecule has 0 saturated carbocycles. The topological polar surface area (TPSA) is 69.6 Å². The van der Waals surface area contributed by atoms with E-state index < -0.39 is 0 Å². The molecule has 7 nitrogen and oxygen atoms in total. The van der Waals surface area contributed by atoms with Crippen LogP contribution in [-0.2, 0) is 18.0 Å². The van der Waals surface area contributed by atoms with Gasteiger partial charge in [0, 0.05) is 12.1 Å². The van der Waals surface area contributed by atoms with Crippen molar-refractivity contribution in [3.63, 3.8) is 0 Å². The summed E-state index contributed by atoms with van der Waals surface area (Å²) < 4.78 is 4.03. The fourth-order valence-corrected chi connectivity index (χ4v) is 5.83. The van der Waals surface area contributed by atoms with Crippen LogP contribution in [0.5, 0.6) is 0 Å². The quantitative estimate of drug-likeness (QED) is 0.144. The molecule has 0 aliphatic carbocycles.